The van der Waals surface area contributed by atoms with Gasteiger partial charge in [0.1, 0.15) is 6.04 Å². The number of carbonyl (C=O) groups is 4. The summed E-state index contributed by atoms with van der Waals surface area (Å²) in [4.78, 5) is 61.4. The summed E-state index contributed by atoms with van der Waals surface area (Å²) < 4.78 is 29.9. The molecule has 1 N–H and O–H groups in total. The zero-order valence-corrected chi connectivity index (χ0v) is 17.6. The summed E-state index contributed by atoms with van der Waals surface area (Å²) in [6.45, 7) is 0.150. The Labute approximate surface area is 186 Å². The van der Waals surface area contributed by atoms with Crippen molar-refractivity contribution in [2.75, 3.05) is 0 Å². The molecule has 1 fully saturated rings. The molecule has 1 saturated heterocycles. The van der Waals surface area contributed by atoms with Gasteiger partial charge in [-0.15, -0.1) is 0 Å². The van der Waals surface area contributed by atoms with Crippen LogP contribution in [0.3, 0.4) is 0 Å². The number of carbonyl (C=O) groups excluding carboxylic acids is 4. The van der Waals surface area contributed by atoms with Gasteiger partial charge < -0.3 is 4.90 Å². The van der Waals surface area contributed by atoms with Crippen LogP contribution in [0.25, 0.3) is 0 Å². The number of alkyl halides is 2. The van der Waals surface area contributed by atoms with E-state index >= 15 is 0 Å². The largest absolute Gasteiger partial charge is 0.332 e. The standard InChI is InChI=1S/C22H20F2N4O5/c1-27-19(31)9-14(10-25-27)22(23,24)17(29)6-3-12-2-4-15-13(8-12)11-28(21(15)33)16-5-7-18(30)26-20(16)32/h2,4,8-10,16H,3,5-7,11H2,1H3,(H,26,30,32). The first kappa shape index (κ1) is 22.4. The lowest BCUT2D eigenvalue weighted by Gasteiger charge is -2.29. The van der Waals surface area contributed by atoms with E-state index in [1.807, 2.05) is 0 Å². The first-order valence-electron chi connectivity index (χ1n) is 10.3. The molecule has 0 spiro atoms. The van der Waals surface area contributed by atoms with Crippen LogP contribution in [0.5, 0.6) is 0 Å². The molecule has 9 nitrogen and oxygen atoms in total. The van der Waals surface area contributed by atoms with Crippen LogP contribution in [0, 0.1) is 0 Å². The maximum Gasteiger partial charge on any atom is 0.332 e. The summed E-state index contributed by atoms with van der Waals surface area (Å²) in [5.74, 6) is -6.44. The minimum absolute atomic E-state index is 0.00653. The summed E-state index contributed by atoms with van der Waals surface area (Å²) >= 11 is 0. The molecule has 0 bridgehead atoms. The summed E-state index contributed by atoms with van der Waals surface area (Å²) in [5, 5.41) is 5.76. The van der Waals surface area contributed by atoms with Crippen molar-refractivity contribution in [3.05, 3.63) is 63.1 Å². The van der Waals surface area contributed by atoms with E-state index in [1.54, 1.807) is 18.2 Å². The smallest absolute Gasteiger partial charge is 0.322 e. The van der Waals surface area contributed by atoms with Crippen LogP contribution in [0.15, 0.2) is 35.3 Å². The highest BCUT2D eigenvalue weighted by Crippen LogP contribution is 2.31. The Morgan fingerprint density at radius 1 is 1.21 bits per heavy atom. The monoisotopic (exact) mass is 458 g/mol. The van der Waals surface area contributed by atoms with Crippen molar-refractivity contribution in [1.29, 1.82) is 0 Å². The lowest BCUT2D eigenvalue weighted by Crippen LogP contribution is -2.52. The van der Waals surface area contributed by atoms with Crippen molar-refractivity contribution >= 4 is 23.5 Å². The molecule has 0 aliphatic carbocycles. The molecule has 3 amide bonds. The van der Waals surface area contributed by atoms with Crippen LogP contribution >= 0.6 is 0 Å². The second-order valence-electron chi connectivity index (χ2n) is 8.10. The van der Waals surface area contributed by atoms with Crippen molar-refractivity contribution in [3.63, 3.8) is 0 Å². The van der Waals surface area contributed by atoms with Crippen LogP contribution in [-0.4, -0.2) is 44.2 Å². The quantitative estimate of drug-likeness (QED) is 0.641. The average molecular weight is 458 g/mol. The van der Waals surface area contributed by atoms with Crippen LogP contribution < -0.4 is 10.9 Å². The van der Waals surface area contributed by atoms with Crippen molar-refractivity contribution in [1.82, 2.24) is 20.0 Å². The maximum absolute atomic E-state index is 14.5. The highest BCUT2D eigenvalue weighted by atomic mass is 19.3. The Kier molecular flexibility index (Phi) is 5.64. The summed E-state index contributed by atoms with van der Waals surface area (Å²) in [6, 6.07) is 4.72. The Bertz CT molecular complexity index is 1240. The molecule has 11 heteroatoms. The minimum atomic E-state index is -3.85. The van der Waals surface area contributed by atoms with E-state index in [0.717, 1.165) is 10.9 Å². The molecule has 2 aliphatic heterocycles. The Balaban J connectivity index is 1.44. The summed E-state index contributed by atoms with van der Waals surface area (Å²) in [6.07, 6.45) is 0.696. The van der Waals surface area contributed by atoms with Crippen LogP contribution in [0.4, 0.5) is 8.78 Å². The van der Waals surface area contributed by atoms with Gasteiger partial charge in [-0.3, -0.25) is 29.3 Å². The van der Waals surface area contributed by atoms with Crippen LogP contribution in [0.2, 0.25) is 0 Å². The molecule has 0 radical (unpaired) electrons. The Morgan fingerprint density at radius 2 is 1.97 bits per heavy atom. The first-order chi connectivity index (χ1) is 15.6. The first-order valence-corrected chi connectivity index (χ1v) is 10.3. The topological polar surface area (TPSA) is 118 Å². The van der Waals surface area contributed by atoms with Gasteiger partial charge in [-0.1, -0.05) is 12.1 Å². The summed E-state index contributed by atoms with van der Waals surface area (Å²) in [7, 11) is 1.31. The number of nitrogens with zero attached hydrogens (tertiary/aromatic N) is 3. The molecule has 3 heterocycles. The molecule has 4 rings (SSSR count). The second-order valence-corrected chi connectivity index (χ2v) is 8.10. The van der Waals surface area contributed by atoms with Gasteiger partial charge >= 0.3 is 5.92 Å². The highest BCUT2D eigenvalue weighted by molar-refractivity contribution is 6.05. The molecule has 1 aromatic carbocycles. The Morgan fingerprint density at radius 3 is 2.67 bits per heavy atom. The number of imide groups is 1. The van der Waals surface area contributed by atoms with Gasteiger partial charge in [-0.05, 0) is 30.0 Å². The fourth-order valence-corrected chi connectivity index (χ4v) is 4.00. The number of ketones is 1. The molecule has 1 atom stereocenters. The van der Waals surface area contributed by atoms with Gasteiger partial charge in [0.25, 0.3) is 11.5 Å². The second kappa shape index (κ2) is 8.30. The molecule has 33 heavy (non-hydrogen) atoms. The number of aromatic nitrogens is 2. The minimum Gasteiger partial charge on any atom is -0.322 e. The highest BCUT2D eigenvalue weighted by Gasteiger charge is 2.41. The third-order valence-corrected chi connectivity index (χ3v) is 5.91. The molecule has 2 aromatic rings. The van der Waals surface area contributed by atoms with E-state index < -0.39 is 41.2 Å². The van der Waals surface area contributed by atoms with E-state index in [4.69, 9.17) is 0 Å². The van der Waals surface area contributed by atoms with Crippen molar-refractivity contribution in [3.8, 4) is 0 Å². The average Bonchev–Trinajstić information content (AvgIpc) is 3.09. The van der Waals surface area contributed by atoms with E-state index in [1.165, 1.54) is 11.9 Å². The lowest BCUT2D eigenvalue weighted by molar-refractivity contribution is -0.144. The number of benzene rings is 1. The molecular formula is C22H20F2N4O5. The lowest BCUT2D eigenvalue weighted by atomic mass is 9.98. The van der Waals surface area contributed by atoms with Crippen molar-refractivity contribution in [2.45, 2.75) is 44.2 Å². The number of amides is 3. The van der Waals surface area contributed by atoms with Crippen molar-refractivity contribution < 1.29 is 28.0 Å². The number of piperidine rings is 1. The zero-order chi connectivity index (χ0) is 23.9. The fourth-order valence-electron chi connectivity index (χ4n) is 4.00. The number of fused-ring (bicyclic) bond motifs is 1. The third-order valence-electron chi connectivity index (χ3n) is 5.91. The van der Waals surface area contributed by atoms with E-state index in [-0.39, 0.29) is 37.6 Å². The van der Waals surface area contributed by atoms with E-state index in [2.05, 4.69) is 10.4 Å². The number of Topliss-reactive ketones (excluding diaryl/α,β-unsaturated/α-hetero) is 1. The van der Waals surface area contributed by atoms with Gasteiger partial charge in [0, 0.05) is 38.1 Å². The SMILES string of the molecule is Cn1ncc(C(F)(F)C(=O)CCc2ccc3c(c2)CN(C2CCC(=O)NC2=O)C3=O)cc1=O. The molecule has 1 aromatic heterocycles. The van der Waals surface area contributed by atoms with Crippen LogP contribution in [-0.2, 0) is 40.3 Å². The van der Waals surface area contributed by atoms with Gasteiger partial charge in [0.05, 0.1) is 11.8 Å². The predicted octanol–water partition coefficient (Wildman–Crippen LogP) is 0.835. The van der Waals surface area contributed by atoms with Gasteiger partial charge in [-0.25, -0.2) is 4.68 Å². The summed E-state index contributed by atoms with van der Waals surface area (Å²) in [5.41, 5.74) is 0.0975. The normalized spacial score (nSPS) is 18.3. The molecule has 0 saturated carbocycles. The maximum atomic E-state index is 14.5. The third kappa shape index (κ3) is 4.18. The van der Waals surface area contributed by atoms with E-state index in [9.17, 15) is 32.8 Å². The van der Waals surface area contributed by atoms with Gasteiger partial charge in [0.15, 0.2) is 0 Å². The van der Waals surface area contributed by atoms with E-state index in [0.29, 0.717) is 22.8 Å². The van der Waals surface area contributed by atoms with Crippen LogP contribution in [0.1, 0.15) is 46.3 Å². The Hall–Kier alpha value is -3.76. The number of aryl methyl sites for hydroxylation is 2. The van der Waals surface area contributed by atoms with Crippen molar-refractivity contribution in [2.24, 2.45) is 7.05 Å². The number of nitrogens with one attached hydrogen (secondary N) is 1. The predicted molar refractivity (Wildman–Crippen MR) is 109 cm³/mol. The fraction of sp³-hybridized carbons (Fsp3) is 0.364. The number of halogens is 2. The molecule has 1 unspecified atom stereocenters. The number of hydrogen-bond donors (Lipinski definition) is 1. The molecule has 2 aliphatic rings. The van der Waals surface area contributed by atoms with Gasteiger partial charge in [-0.2, -0.15) is 13.9 Å². The molecular weight excluding hydrogens is 438 g/mol. The van der Waals surface area contributed by atoms with Gasteiger partial charge in [0.2, 0.25) is 17.6 Å². The number of hydrogen-bond acceptors (Lipinski definition) is 6. The zero-order valence-electron chi connectivity index (χ0n) is 17.6. The molecule has 172 valence electrons. The number of rotatable bonds is 6.